The fourth-order valence-electron chi connectivity index (χ4n) is 0.674. The van der Waals surface area contributed by atoms with Crippen molar-refractivity contribution in [2.24, 2.45) is 0 Å². The third-order valence-corrected chi connectivity index (χ3v) is 2.00. The molecule has 3 nitrogen and oxygen atoms in total. The lowest BCUT2D eigenvalue weighted by molar-refractivity contribution is 0.490. The largest absolute Gasteiger partial charge is 0.286 e. The van der Waals surface area contributed by atoms with Crippen molar-refractivity contribution in [1.82, 2.24) is 0 Å². The van der Waals surface area contributed by atoms with Crippen molar-refractivity contribution >= 4 is 21.9 Å². The fraction of sp³-hybridized carbons (Fsp3) is 0.333. The number of aryl methyl sites for hydroxylation is 1. The Morgan fingerprint density at radius 1 is 1.21 bits per heavy atom. The maximum absolute atomic E-state index is 9.19. The van der Waals surface area contributed by atoms with Gasteiger partial charge in [0.2, 0.25) is 0 Å². The molecule has 0 bridgehead atoms. The van der Waals surface area contributed by atoms with E-state index in [0.29, 0.717) is 6.26 Å². The molecule has 0 radical (unpaired) electrons. The van der Waals surface area contributed by atoms with E-state index in [2.05, 4.69) is 37.4 Å². The van der Waals surface area contributed by atoms with E-state index in [4.69, 9.17) is 4.55 Å². The van der Waals surface area contributed by atoms with Crippen LogP contribution in [0.4, 0.5) is 0 Å². The SMILES string of the molecule is CS(=O)(=O)O.CSc1ccc(C)cc1. The third kappa shape index (κ3) is 9.57. The first-order chi connectivity index (χ1) is 6.33. The van der Waals surface area contributed by atoms with Gasteiger partial charge in [-0.3, -0.25) is 4.55 Å². The predicted molar refractivity (Wildman–Crippen MR) is 60.4 cm³/mol. The molecule has 1 aromatic carbocycles. The van der Waals surface area contributed by atoms with Crippen LogP contribution >= 0.6 is 11.8 Å². The normalized spacial score (nSPS) is 10.3. The zero-order chi connectivity index (χ0) is 11.2. The van der Waals surface area contributed by atoms with Gasteiger partial charge in [0.05, 0.1) is 6.26 Å². The van der Waals surface area contributed by atoms with Crippen molar-refractivity contribution in [2.45, 2.75) is 11.8 Å². The van der Waals surface area contributed by atoms with E-state index in [0.717, 1.165) is 0 Å². The van der Waals surface area contributed by atoms with Crippen LogP contribution in [0, 0.1) is 6.92 Å². The van der Waals surface area contributed by atoms with Gasteiger partial charge in [0.25, 0.3) is 10.1 Å². The quantitative estimate of drug-likeness (QED) is 0.598. The summed E-state index contributed by atoms with van der Waals surface area (Å²) < 4.78 is 25.9. The van der Waals surface area contributed by atoms with Crippen molar-refractivity contribution in [1.29, 1.82) is 0 Å². The van der Waals surface area contributed by atoms with E-state index in [1.807, 2.05) is 0 Å². The van der Waals surface area contributed by atoms with Crippen molar-refractivity contribution in [3.63, 3.8) is 0 Å². The predicted octanol–water partition coefficient (Wildman–Crippen LogP) is 2.22. The first-order valence-corrected chi connectivity index (χ1v) is 6.93. The van der Waals surface area contributed by atoms with Crippen molar-refractivity contribution in [3.8, 4) is 0 Å². The molecule has 0 atom stereocenters. The summed E-state index contributed by atoms with van der Waals surface area (Å²) in [6.45, 7) is 2.10. The second kappa shape index (κ2) is 6.06. The van der Waals surface area contributed by atoms with E-state index < -0.39 is 10.1 Å². The number of thioether (sulfide) groups is 1. The van der Waals surface area contributed by atoms with Gasteiger partial charge in [-0.15, -0.1) is 11.8 Å². The Bertz CT molecular complexity index is 346. The van der Waals surface area contributed by atoms with Gasteiger partial charge in [0.15, 0.2) is 0 Å². The van der Waals surface area contributed by atoms with Crippen LogP contribution in [0.5, 0.6) is 0 Å². The van der Waals surface area contributed by atoms with Crippen LogP contribution in [0.3, 0.4) is 0 Å². The van der Waals surface area contributed by atoms with E-state index in [9.17, 15) is 8.42 Å². The van der Waals surface area contributed by atoms with Crippen LogP contribution in [0.2, 0.25) is 0 Å². The zero-order valence-corrected chi connectivity index (χ0v) is 10.0. The van der Waals surface area contributed by atoms with E-state index in [1.165, 1.54) is 10.5 Å². The van der Waals surface area contributed by atoms with Crippen LogP contribution in [-0.2, 0) is 10.1 Å². The lowest BCUT2D eigenvalue weighted by Gasteiger charge is -1.93. The summed E-state index contributed by atoms with van der Waals surface area (Å²) in [6, 6.07) is 8.54. The second-order valence-corrected chi connectivity index (χ2v) is 5.10. The van der Waals surface area contributed by atoms with Gasteiger partial charge in [0, 0.05) is 4.90 Å². The van der Waals surface area contributed by atoms with Crippen LogP contribution in [0.25, 0.3) is 0 Å². The molecular weight excluding hydrogens is 220 g/mol. The minimum Gasteiger partial charge on any atom is -0.286 e. The van der Waals surface area contributed by atoms with Crippen LogP contribution in [-0.4, -0.2) is 25.5 Å². The topological polar surface area (TPSA) is 54.4 Å². The van der Waals surface area contributed by atoms with Gasteiger partial charge in [0.1, 0.15) is 0 Å². The minimum atomic E-state index is -3.67. The smallest absolute Gasteiger partial charge is 0.261 e. The summed E-state index contributed by atoms with van der Waals surface area (Å²) in [7, 11) is -3.67. The first-order valence-electron chi connectivity index (χ1n) is 3.86. The van der Waals surface area contributed by atoms with E-state index in [1.54, 1.807) is 11.8 Å². The molecule has 0 aliphatic rings. The molecule has 0 spiro atoms. The Kier molecular flexibility index (Phi) is 5.83. The Morgan fingerprint density at radius 3 is 1.86 bits per heavy atom. The van der Waals surface area contributed by atoms with Gasteiger partial charge < -0.3 is 0 Å². The number of rotatable bonds is 1. The summed E-state index contributed by atoms with van der Waals surface area (Å²) in [5.41, 5.74) is 1.33. The summed E-state index contributed by atoms with van der Waals surface area (Å²) in [6.07, 6.45) is 2.80. The Balaban J connectivity index is 0.000000292. The molecule has 1 N–H and O–H groups in total. The molecule has 0 saturated carbocycles. The summed E-state index contributed by atoms with van der Waals surface area (Å²) in [5, 5.41) is 0. The first kappa shape index (κ1) is 13.5. The van der Waals surface area contributed by atoms with Gasteiger partial charge in [-0.1, -0.05) is 17.7 Å². The molecule has 0 amide bonds. The molecule has 5 heteroatoms. The molecule has 0 aliphatic carbocycles. The van der Waals surface area contributed by atoms with Crippen molar-refractivity contribution in [3.05, 3.63) is 29.8 Å². The molecule has 14 heavy (non-hydrogen) atoms. The molecule has 0 fully saturated rings. The maximum Gasteiger partial charge on any atom is 0.261 e. The summed E-state index contributed by atoms with van der Waals surface area (Å²) in [4.78, 5) is 1.33. The molecule has 0 unspecified atom stereocenters. The average molecular weight is 234 g/mol. The molecule has 0 saturated heterocycles. The Morgan fingerprint density at radius 2 is 1.57 bits per heavy atom. The lowest BCUT2D eigenvalue weighted by Crippen LogP contribution is -1.88. The standard InChI is InChI=1S/C8H10S.CH4O3S/c1-7-3-5-8(9-2)6-4-7;1-5(2,3)4/h3-6H,1-2H3;1H3,(H,2,3,4). The highest BCUT2D eigenvalue weighted by Gasteiger charge is 1.85. The summed E-state index contributed by atoms with van der Waals surface area (Å²) in [5.74, 6) is 0. The Labute approximate surface area is 89.3 Å². The van der Waals surface area contributed by atoms with Crippen LogP contribution in [0.15, 0.2) is 29.2 Å². The molecule has 0 aliphatic heterocycles. The monoisotopic (exact) mass is 234 g/mol. The molecule has 1 rings (SSSR count). The van der Waals surface area contributed by atoms with Crippen molar-refractivity contribution in [2.75, 3.05) is 12.5 Å². The Hall–Kier alpha value is -0.520. The van der Waals surface area contributed by atoms with Gasteiger partial charge in [-0.05, 0) is 25.3 Å². The summed E-state index contributed by atoms with van der Waals surface area (Å²) >= 11 is 1.78. The van der Waals surface area contributed by atoms with Gasteiger partial charge in [-0.2, -0.15) is 8.42 Å². The highest BCUT2D eigenvalue weighted by Crippen LogP contribution is 2.13. The maximum atomic E-state index is 9.19. The highest BCUT2D eigenvalue weighted by atomic mass is 32.2. The minimum absolute atomic E-state index is 0.715. The third-order valence-electron chi connectivity index (χ3n) is 1.26. The zero-order valence-electron chi connectivity index (χ0n) is 8.39. The molecular formula is C9H14O3S2. The molecule has 80 valence electrons. The lowest BCUT2D eigenvalue weighted by atomic mass is 10.2. The number of benzene rings is 1. The molecule has 0 aromatic heterocycles. The van der Waals surface area contributed by atoms with Crippen LogP contribution in [0.1, 0.15) is 5.56 Å². The van der Waals surface area contributed by atoms with Crippen LogP contribution < -0.4 is 0 Å². The number of hydrogen-bond acceptors (Lipinski definition) is 3. The molecule has 0 heterocycles. The van der Waals surface area contributed by atoms with E-state index >= 15 is 0 Å². The average Bonchev–Trinajstić information content (AvgIpc) is 2.03. The highest BCUT2D eigenvalue weighted by molar-refractivity contribution is 7.98. The van der Waals surface area contributed by atoms with Gasteiger partial charge >= 0.3 is 0 Å². The van der Waals surface area contributed by atoms with Gasteiger partial charge in [-0.25, -0.2) is 0 Å². The van der Waals surface area contributed by atoms with Crippen molar-refractivity contribution < 1.29 is 13.0 Å². The number of hydrogen-bond donors (Lipinski definition) is 1. The fourth-order valence-corrected chi connectivity index (χ4v) is 1.08. The van der Waals surface area contributed by atoms with E-state index in [-0.39, 0.29) is 0 Å². The molecule has 1 aromatic rings. The second-order valence-electron chi connectivity index (χ2n) is 2.75.